The Bertz CT molecular complexity index is 601. The van der Waals surface area contributed by atoms with Gasteiger partial charge in [0.05, 0.1) is 12.1 Å². The second-order valence-electron chi connectivity index (χ2n) is 4.67. The quantitative estimate of drug-likeness (QED) is 0.915. The number of carbonyl (C=O) groups is 1. The highest BCUT2D eigenvalue weighted by Gasteiger charge is 2.10. The fourth-order valence-electron chi connectivity index (χ4n) is 2.11. The topological polar surface area (TPSA) is 53.7 Å². The van der Waals surface area contributed by atoms with Crippen LogP contribution in [0.5, 0.6) is 0 Å². The van der Waals surface area contributed by atoms with Gasteiger partial charge in [0.25, 0.3) is 0 Å². The average molecular weight is 259 g/mol. The van der Waals surface area contributed by atoms with Crippen LogP contribution in [0.3, 0.4) is 0 Å². The molecule has 0 fully saturated rings. The van der Waals surface area contributed by atoms with E-state index in [9.17, 15) is 4.79 Å². The van der Waals surface area contributed by atoms with Crippen molar-refractivity contribution in [2.24, 2.45) is 0 Å². The van der Waals surface area contributed by atoms with Crippen molar-refractivity contribution in [1.82, 2.24) is 0 Å². The standard InChI is InChI=1S/C15H17NO3/c1-10-8-12(15(17)18)5-7-14(10)16(3)9-13-6-4-11(2)19-13/h4-8H,9H2,1-3H3,(H,17,18). The Morgan fingerprint density at radius 1 is 1.26 bits per heavy atom. The predicted molar refractivity (Wildman–Crippen MR) is 73.7 cm³/mol. The molecule has 0 saturated carbocycles. The normalized spacial score (nSPS) is 10.5. The predicted octanol–water partition coefficient (Wildman–Crippen LogP) is 3.23. The number of carboxylic acid groups (broad SMARTS) is 1. The molecular weight excluding hydrogens is 242 g/mol. The van der Waals surface area contributed by atoms with Crippen molar-refractivity contribution in [3.63, 3.8) is 0 Å². The van der Waals surface area contributed by atoms with Crippen molar-refractivity contribution in [1.29, 1.82) is 0 Å². The number of anilines is 1. The van der Waals surface area contributed by atoms with Crippen molar-refractivity contribution < 1.29 is 14.3 Å². The zero-order valence-corrected chi connectivity index (χ0v) is 11.3. The number of benzene rings is 1. The summed E-state index contributed by atoms with van der Waals surface area (Å²) in [5, 5.41) is 8.95. The number of aromatic carboxylic acids is 1. The number of hydrogen-bond donors (Lipinski definition) is 1. The smallest absolute Gasteiger partial charge is 0.335 e. The molecule has 4 heteroatoms. The Morgan fingerprint density at radius 2 is 2.00 bits per heavy atom. The van der Waals surface area contributed by atoms with Gasteiger partial charge in [-0.05, 0) is 49.7 Å². The summed E-state index contributed by atoms with van der Waals surface area (Å²) in [5.74, 6) is 0.877. The van der Waals surface area contributed by atoms with Crippen LogP contribution in [0.1, 0.15) is 27.4 Å². The Hall–Kier alpha value is -2.23. The molecule has 0 spiro atoms. The first kappa shape index (κ1) is 13.2. The Labute approximate surface area is 112 Å². The van der Waals surface area contributed by atoms with Crippen molar-refractivity contribution in [2.45, 2.75) is 20.4 Å². The molecule has 19 heavy (non-hydrogen) atoms. The average Bonchev–Trinajstić information content (AvgIpc) is 2.74. The third-order valence-electron chi connectivity index (χ3n) is 3.04. The van der Waals surface area contributed by atoms with E-state index < -0.39 is 5.97 Å². The lowest BCUT2D eigenvalue weighted by molar-refractivity contribution is 0.0697. The third-order valence-corrected chi connectivity index (χ3v) is 3.04. The van der Waals surface area contributed by atoms with E-state index >= 15 is 0 Å². The summed E-state index contributed by atoms with van der Waals surface area (Å²) < 4.78 is 5.54. The van der Waals surface area contributed by atoms with Crippen molar-refractivity contribution in [3.8, 4) is 0 Å². The molecule has 0 aliphatic rings. The van der Waals surface area contributed by atoms with Crippen LogP contribution >= 0.6 is 0 Å². The molecule has 1 heterocycles. The number of nitrogens with zero attached hydrogens (tertiary/aromatic N) is 1. The molecule has 1 N–H and O–H groups in total. The maximum atomic E-state index is 10.9. The molecule has 0 aliphatic carbocycles. The SMILES string of the molecule is Cc1ccc(CN(C)c2ccc(C(=O)O)cc2C)o1. The summed E-state index contributed by atoms with van der Waals surface area (Å²) >= 11 is 0. The number of aryl methyl sites for hydroxylation is 2. The van der Waals surface area contributed by atoms with Crippen LogP contribution in [-0.2, 0) is 6.54 Å². The molecule has 100 valence electrons. The first-order valence-corrected chi connectivity index (χ1v) is 6.08. The van der Waals surface area contributed by atoms with Crippen molar-refractivity contribution >= 4 is 11.7 Å². The minimum Gasteiger partial charge on any atom is -0.478 e. The van der Waals surface area contributed by atoms with Crippen LogP contribution in [0.2, 0.25) is 0 Å². The van der Waals surface area contributed by atoms with Gasteiger partial charge in [0, 0.05) is 12.7 Å². The van der Waals surface area contributed by atoms with Crippen LogP contribution in [0.15, 0.2) is 34.7 Å². The monoisotopic (exact) mass is 259 g/mol. The summed E-state index contributed by atoms with van der Waals surface area (Å²) in [5.41, 5.74) is 2.24. The molecule has 0 radical (unpaired) electrons. The molecule has 0 unspecified atom stereocenters. The Kier molecular flexibility index (Phi) is 3.60. The fraction of sp³-hybridized carbons (Fsp3) is 0.267. The molecule has 2 aromatic rings. The molecule has 1 aromatic heterocycles. The maximum absolute atomic E-state index is 10.9. The number of rotatable bonds is 4. The molecule has 1 aromatic carbocycles. The van der Waals surface area contributed by atoms with Gasteiger partial charge in [0.1, 0.15) is 11.5 Å². The minimum atomic E-state index is -0.904. The zero-order chi connectivity index (χ0) is 14.0. The number of hydrogen-bond acceptors (Lipinski definition) is 3. The van der Waals surface area contributed by atoms with Crippen molar-refractivity contribution in [2.75, 3.05) is 11.9 Å². The van der Waals surface area contributed by atoms with Gasteiger partial charge in [0.15, 0.2) is 0 Å². The lowest BCUT2D eigenvalue weighted by Gasteiger charge is -2.20. The van der Waals surface area contributed by atoms with E-state index in [-0.39, 0.29) is 0 Å². The van der Waals surface area contributed by atoms with E-state index in [1.807, 2.05) is 44.0 Å². The largest absolute Gasteiger partial charge is 0.478 e. The van der Waals surface area contributed by atoms with Gasteiger partial charge in [-0.3, -0.25) is 0 Å². The van der Waals surface area contributed by atoms with Gasteiger partial charge in [0.2, 0.25) is 0 Å². The maximum Gasteiger partial charge on any atom is 0.335 e. The molecule has 2 rings (SSSR count). The van der Waals surface area contributed by atoms with Crippen LogP contribution in [0, 0.1) is 13.8 Å². The van der Waals surface area contributed by atoms with E-state index in [1.165, 1.54) is 0 Å². The molecule has 0 bridgehead atoms. The summed E-state index contributed by atoms with van der Waals surface area (Å²) in [7, 11) is 1.96. The number of carboxylic acids is 1. The Balaban J connectivity index is 2.19. The molecule has 0 amide bonds. The molecule has 0 aliphatic heterocycles. The van der Waals surface area contributed by atoms with Gasteiger partial charge in [-0.15, -0.1) is 0 Å². The van der Waals surface area contributed by atoms with Gasteiger partial charge >= 0.3 is 5.97 Å². The van der Waals surface area contributed by atoms with E-state index in [4.69, 9.17) is 9.52 Å². The molecule has 4 nitrogen and oxygen atoms in total. The van der Waals surface area contributed by atoms with E-state index in [0.29, 0.717) is 12.1 Å². The van der Waals surface area contributed by atoms with Gasteiger partial charge in [-0.25, -0.2) is 4.79 Å². The van der Waals surface area contributed by atoms with Crippen LogP contribution in [0.25, 0.3) is 0 Å². The highest BCUT2D eigenvalue weighted by molar-refractivity contribution is 5.88. The Morgan fingerprint density at radius 3 is 2.53 bits per heavy atom. The molecule has 0 atom stereocenters. The first-order chi connectivity index (χ1) is 8.97. The van der Waals surface area contributed by atoms with E-state index in [2.05, 4.69) is 0 Å². The van der Waals surface area contributed by atoms with Gasteiger partial charge < -0.3 is 14.4 Å². The highest BCUT2D eigenvalue weighted by Crippen LogP contribution is 2.22. The number of furan rings is 1. The lowest BCUT2D eigenvalue weighted by Crippen LogP contribution is -2.17. The highest BCUT2D eigenvalue weighted by atomic mass is 16.4. The minimum absolute atomic E-state index is 0.309. The summed E-state index contributed by atoms with van der Waals surface area (Å²) in [4.78, 5) is 12.9. The van der Waals surface area contributed by atoms with Crippen LogP contribution in [0.4, 0.5) is 5.69 Å². The van der Waals surface area contributed by atoms with Gasteiger partial charge in [-0.2, -0.15) is 0 Å². The van der Waals surface area contributed by atoms with E-state index in [1.54, 1.807) is 12.1 Å². The summed E-state index contributed by atoms with van der Waals surface area (Å²) in [6, 6.07) is 9.01. The summed E-state index contributed by atoms with van der Waals surface area (Å²) in [6.07, 6.45) is 0. The fourth-order valence-corrected chi connectivity index (χ4v) is 2.11. The van der Waals surface area contributed by atoms with E-state index in [0.717, 1.165) is 22.8 Å². The zero-order valence-electron chi connectivity index (χ0n) is 11.3. The van der Waals surface area contributed by atoms with Gasteiger partial charge in [-0.1, -0.05) is 0 Å². The second-order valence-corrected chi connectivity index (χ2v) is 4.67. The lowest BCUT2D eigenvalue weighted by atomic mass is 10.1. The first-order valence-electron chi connectivity index (χ1n) is 6.08. The summed E-state index contributed by atoms with van der Waals surface area (Å²) in [6.45, 7) is 4.48. The van der Waals surface area contributed by atoms with Crippen LogP contribution < -0.4 is 4.90 Å². The van der Waals surface area contributed by atoms with Crippen molar-refractivity contribution in [3.05, 3.63) is 53.0 Å². The molecule has 0 saturated heterocycles. The third kappa shape index (κ3) is 2.96. The molecular formula is C15H17NO3. The van der Waals surface area contributed by atoms with Crippen LogP contribution in [-0.4, -0.2) is 18.1 Å². The second kappa shape index (κ2) is 5.18.